The van der Waals surface area contributed by atoms with Crippen molar-refractivity contribution in [1.29, 1.82) is 0 Å². The first-order chi connectivity index (χ1) is 7.77. The molecule has 0 aliphatic carbocycles. The zero-order valence-electron chi connectivity index (χ0n) is 10.4. The van der Waals surface area contributed by atoms with Gasteiger partial charge in [0.25, 0.3) is 0 Å². The third kappa shape index (κ3) is 4.64. The Labute approximate surface area is 98.4 Å². The predicted octanol–water partition coefficient (Wildman–Crippen LogP) is 2.64. The topological polar surface area (TPSA) is 38.7 Å². The van der Waals surface area contributed by atoms with Crippen LogP contribution in [0.15, 0.2) is 12.2 Å². The van der Waals surface area contributed by atoms with Crippen LogP contribution in [0.25, 0.3) is 0 Å². The quantitative estimate of drug-likeness (QED) is 0.538. The molecule has 0 aromatic rings. The van der Waals surface area contributed by atoms with Crippen LogP contribution in [-0.4, -0.2) is 30.7 Å². The lowest BCUT2D eigenvalue weighted by Gasteiger charge is -2.11. The van der Waals surface area contributed by atoms with Gasteiger partial charge in [-0.2, -0.15) is 0 Å². The van der Waals surface area contributed by atoms with Crippen LogP contribution < -0.4 is 0 Å². The largest absolute Gasteiger partial charge is 0.390 e. The van der Waals surface area contributed by atoms with Crippen LogP contribution in [0, 0.1) is 0 Å². The average Bonchev–Trinajstić information content (AvgIpc) is 2.65. The number of hydrogen-bond acceptors (Lipinski definition) is 3. The Morgan fingerprint density at radius 2 is 2.19 bits per heavy atom. The Hall–Kier alpha value is -0.380. The fourth-order valence-corrected chi connectivity index (χ4v) is 1.91. The van der Waals surface area contributed by atoms with Gasteiger partial charge in [0.1, 0.15) is 0 Å². The maximum absolute atomic E-state index is 9.69. The smallest absolute Gasteiger partial charge is 0.160 e. The van der Waals surface area contributed by atoms with Gasteiger partial charge in [-0.3, -0.25) is 0 Å². The monoisotopic (exact) mass is 228 g/mol. The van der Waals surface area contributed by atoms with Gasteiger partial charge in [0, 0.05) is 13.5 Å². The average molecular weight is 228 g/mol. The van der Waals surface area contributed by atoms with E-state index in [0.29, 0.717) is 6.42 Å². The summed E-state index contributed by atoms with van der Waals surface area (Å²) in [6.45, 7) is 2.21. The maximum Gasteiger partial charge on any atom is 0.160 e. The fraction of sp³-hybridized carbons (Fsp3) is 0.846. The molecule has 1 aliphatic rings. The molecular weight excluding hydrogens is 204 g/mol. The molecule has 3 atom stereocenters. The van der Waals surface area contributed by atoms with E-state index in [1.165, 1.54) is 19.3 Å². The highest BCUT2D eigenvalue weighted by atomic mass is 16.7. The normalized spacial score (nSPS) is 30.3. The van der Waals surface area contributed by atoms with Crippen LogP contribution in [-0.2, 0) is 9.47 Å². The molecule has 0 unspecified atom stereocenters. The van der Waals surface area contributed by atoms with Gasteiger partial charge in [0.2, 0.25) is 0 Å². The van der Waals surface area contributed by atoms with Crippen molar-refractivity contribution in [2.75, 3.05) is 7.11 Å². The standard InChI is InChI=1S/C13H24O3/c1-3-4-5-6-7-8-9-12-11(14)10-13(15-2)16-12/h7-8,11-14H,3-6,9-10H2,1-2H3/b8-7-/t11-,12-,13-/m1/s1. The Morgan fingerprint density at radius 3 is 2.81 bits per heavy atom. The van der Waals surface area contributed by atoms with E-state index >= 15 is 0 Å². The summed E-state index contributed by atoms with van der Waals surface area (Å²) in [7, 11) is 1.61. The Kier molecular flexibility index (Phi) is 6.69. The molecule has 16 heavy (non-hydrogen) atoms. The van der Waals surface area contributed by atoms with Crippen LogP contribution in [0.2, 0.25) is 0 Å². The van der Waals surface area contributed by atoms with Crippen LogP contribution in [0.3, 0.4) is 0 Å². The van der Waals surface area contributed by atoms with E-state index in [9.17, 15) is 5.11 Å². The molecule has 1 fully saturated rings. The molecule has 0 amide bonds. The molecule has 0 saturated carbocycles. The van der Waals surface area contributed by atoms with E-state index in [1.807, 2.05) is 0 Å². The maximum atomic E-state index is 9.69. The van der Waals surface area contributed by atoms with Crippen LogP contribution in [0.4, 0.5) is 0 Å². The van der Waals surface area contributed by atoms with Gasteiger partial charge in [-0.1, -0.05) is 31.9 Å². The van der Waals surface area contributed by atoms with Crippen molar-refractivity contribution in [1.82, 2.24) is 0 Å². The first-order valence-electron chi connectivity index (χ1n) is 6.29. The molecule has 1 aliphatic heterocycles. The van der Waals surface area contributed by atoms with Gasteiger partial charge in [-0.05, 0) is 19.3 Å². The van der Waals surface area contributed by atoms with Crippen molar-refractivity contribution in [3.05, 3.63) is 12.2 Å². The molecule has 0 aromatic carbocycles. The van der Waals surface area contributed by atoms with E-state index < -0.39 is 0 Å². The SMILES string of the molecule is CCCCC/C=C\C[C@H]1O[C@@H](OC)C[C@H]1O. The zero-order valence-corrected chi connectivity index (χ0v) is 10.4. The summed E-state index contributed by atoms with van der Waals surface area (Å²) >= 11 is 0. The summed E-state index contributed by atoms with van der Waals surface area (Å²) in [5, 5.41) is 9.69. The predicted molar refractivity (Wildman–Crippen MR) is 64.2 cm³/mol. The van der Waals surface area contributed by atoms with E-state index in [1.54, 1.807) is 7.11 Å². The van der Waals surface area contributed by atoms with Crippen molar-refractivity contribution in [3.8, 4) is 0 Å². The highest BCUT2D eigenvalue weighted by Crippen LogP contribution is 2.23. The molecular formula is C13H24O3. The summed E-state index contributed by atoms with van der Waals surface area (Å²) in [4.78, 5) is 0. The molecule has 94 valence electrons. The first kappa shape index (κ1) is 13.7. The van der Waals surface area contributed by atoms with Gasteiger partial charge in [0.15, 0.2) is 6.29 Å². The van der Waals surface area contributed by atoms with Crippen molar-refractivity contribution in [2.24, 2.45) is 0 Å². The Morgan fingerprint density at radius 1 is 1.38 bits per heavy atom. The van der Waals surface area contributed by atoms with Crippen molar-refractivity contribution in [3.63, 3.8) is 0 Å². The second kappa shape index (κ2) is 7.82. The number of aliphatic hydroxyl groups is 1. The molecule has 0 aromatic heterocycles. The second-order valence-corrected chi connectivity index (χ2v) is 4.35. The molecule has 0 spiro atoms. The summed E-state index contributed by atoms with van der Waals surface area (Å²) in [6.07, 6.45) is 9.90. The zero-order chi connectivity index (χ0) is 11.8. The molecule has 1 N–H and O–H groups in total. The lowest BCUT2D eigenvalue weighted by molar-refractivity contribution is -0.116. The minimum absolute atomic E-state index is 0.0904. The third-order valence-electron chi connectivity index (χ3n) is 2.96. The van der Waals surface area contributed by atoms with Crippen molar-refractivity contribution >= 4 is 0 Å². The van der Waals surface area contributed by atoms with Gasteiger partial charge in [-0.15, -0.1) is 0 Å². The van der Waals surface area contributed by atoms with E-state index in [4.69, 9.17) is 9.47 Å². The summed E-state index contributed by atoms with van der Waals surface area (Å²) in [5.41, 5.74) is 0. The van der Waals surface area contributed by atoms with Crippen molar-refractivity contribution in [2.45, 2.75) is 63.9 Å². The van der Waals surface area contributed by atoms with E-state index in [0.717, 1.165) is 12.8 Å². The highest BCUT2D eigenvalue weighted by Gasteiger charge is 2.32. The van der Waals surface area contributed by atoms with Gasteiger partial charge in [0.05, 0.1) is 12.2 Å². The lowest BCUT2D eigenvalue weighted by atomic mass is 10.1. The Bertz CT molecular complexity index is 203. The number of ether oxygens (including phenoxy) is 2. The van der Waals surface area contributed by atoms with E-state index in [2.05, 4.69) is 19.1 Å². The summed E-state index contributed by atoms with van der Waals surface area (Å²) < 4.78 is 10.6. The number of methoxy groups -OCH3 is 1. The molecule has 1 saturated heterocycles. The lowest BCUT2D eigenvalue weighted by Crippen LogP contribution is -2.19. The van der Waals surface area contributed by atoms with Gasteiger partial charge in [-0.25, -0.2) is 0 Å². The van der Waals surface area contributed by atoms with E-state index in [-0.39, 0.29) is 18.5 Å². The molecule has 3 heteroatoms. The number of allylic oxidation sites excluding steroid dienone is 1. The number of rotatable bonds is 7. The minimum Gasteiger partial charge on any atom is -0.390 e. The molecule has 0 radical (unpaired) electrons. The van der Waals surface area contributed by atoms with Gasteiger partial charge >= 0.3 is 0 Å². The highest BCUT2D eigenvalue weighted by molar-refractivity contribution is 4.89. The minimum atomic E-state index is -0.384. The summed E-state index contributed by atoms with van der Waals surface area (Å²) in [6, 6.07) is 0. The Balaban J connectivity index is 2.12. The molecule has 1 rings (SSSR count). The van der Waals surface area contributed by atoms with Crippen LogP contribution >= 0.6 is 0 Å². The van der Waals surface area contributed by atoms with Crippen LogP contribution in [0.5, 0.6) is 0 Å². The number of hydrogen-bond donors (Lipinski definition) is 1. The molecule has 1 heterocycles. The second-order valence-electron chi connectivity index (χ2n) is 4.35. The molecule has 0 bridgehead atoms. The van der Waals surface area contributed by atoms with Crippen LogP contribution in [0.1, 0.15) is 45.4 Å². The fourth-order valence-electron chi connectivity index (χ4n) is 1.91. The number of unbranched alkanes of at least 4 members (excludes halogenated alkanes) is 3. The first-order valence-corrected chi connectivity index (χ1v) is 6.29. The summed E-state index contributed by atoms with van der Waals surface area (Å²) in [5.74, 6) is 0. The molecule has 3 nitrogen and oxygen atoms in total. The number of aliphatic hydroxyl groups excluding tert-OH is 1. The van der Waals surface area contributed by atoms with Crippen molar-refractivity contribution < 1.29 is 14.6 Å². The third-order valence-corrected chi connectivity index (χ3v) is 2.96. The van der Waals surface area contributed by atoms with Gasteiger partial charge < -0.3 is 14.6 Å².